The molecule has 49 heavy (non-hydrogen) atoms. The van der Waals surface area contributed by atoms with Gasteiger partial charge in [-0.05, 0) is 95.7 Å². The first-order valence-corrected chi connectivity index (χ1v) is 17.6. The zero-order valence-corrected chi connectivity index (χ0v) is 30.1. The van der Waals surface area contributed by atoms with E-state index in [1.807, 2.05) is 58.0 Å². The molecule has 0 aliphatic heterocycles. The molecule has 260 valence electrons. The topological polar surface area (TPSA) is 76.2 Å². The molecule has 0 unspecified atom stereocenters. The van der Waals surface area contributed by atoms with Crippen LogP contribution in [-0.2, 0) is 11.3 Å². The van der Waals surface area contributed by atoms with Crippen LogP contribution in [-0.4, -0.2) is 58.9 Å². The summed E-state index contributed by atoms with van der Waals surface area (Å²) >= 11 is 7.48. The van der Waals surface area contributed by atoms with Crippen molar-refractivity contribution in [3.8, 4) is 16.9 Å². The third kappa shape index (κ3) is 8.07. The van der Waals surface area contributed by atoms with Gasteiger partial charge in [0.25, 0.3) is 5.91 Å². The summed E-state index contributed by atoms with van der Waals surface area (Å²) in [6, 6.07) is 14.7. The molecule has 1 heterocycles. The van der Waals surface area contributed by atoms with Crippen molar-refractivity contribution in [2.24, 2.45) is 0 Å². The zero-order chi connectivity index (χ0) is 35.6. The van der Waals surface area contributed by atoms with Gasteiger partial charge >= 0.3 is 6.09 Å². The smallest absolute Gasteiger partial charge is 0.410 e. The van der Waals surface area contributed by atoms with Crippen LogP contribution < -0.4 is 4.74 Å². The monoisotopic (exact) mass is 710 g/mol. The Morgan fingerprint density at radius 2 is 1.53 bits per heavy atom. The molecule has 1 aliphatic rings. The van der Waals surface area contributed by atoms with Crippen molar-refractivity contribution in [1.29, 1.82) is 0 Å². The number of ether oxygens (including phenoxy) is 2. The SMILES string of the molecule is CCOc1ccc(-c2ccc(C(C)=O)cc2)cc1CN(C(=O)c1sc2c(F)ccc(F)c2c1Cl)C1CCC(N(C)C(=O)OC(C)(C)C)CC1. The van der Waals surface area contributed by atoms with Crippen molar-refractivity contribution in [3.63, 3.8) is 0 Å². The average molecular weight is 711 g/mol. The number of hydrogen-bond donors (Lipinski definition) is 0. The van der Waals surface area contributed by atoms with E-state index < -0.39 is 29.2 Å². The van der Waals surface area contributed by atoms with Gasteiger partial charge in [-0.1, -0.05) is 41.9 Å². The molecular weight excluding hydrogens is 670 g/mol. The number of thiophene rings is 1. The van der Waals surface area contributed by atoms with Gasteiger partial charge < -0.3 is 19.3 Å². The summed E-state index contributed by atoms with van der Waals surface area (Å²) < 4.78 is 41.2. The van der Waals surface area contributed by atoms with Gasteiger partial charge in [-0.3, -0.25) is 9.59 Å². The number of nitrogens with zero attached hydrogens (tertiary/aromatic N) is 2. The van der Waals surface area contributed by atoms with E-state index in [2.05, 4.69) is 0 Å². The van der Waals surface area contributed by atoms with Crippen LogP contribution in [0.3, 0.4) is 0 Å². The fourth-order valence-corrected chi connectivity index (χ4v) is 7.74. The number of fused-ring (bicyclic) bond motifs is 1. The van der Waals surface area contributed by atoms with Crippen molar-refractivity contribution in [3.05, 3.63) is 87.3 Å². The van der Waals surface area contributed by atoms with E-state index in [0.717, 1.165) is 40.2 Å². The molecular formula is C38H41ClF2N2O5S. The zero-order valence-electron chi connectivity index (χ0n) is 28.6. The summed E-state index contributed by atoms with van der Waals surface area (Å²) in [6.07, 6.45) is 1.98. The maximum Gasteiger partial charge on any atom is 0.410 e. The summed E-state index contributed by atoms with van der Waals surface area (Å²) in [5.74, 6) is -1.22. The highest BCUT2D eigenvalue weighted by Crippen LogP contribution is 2.41. The van der Waals surface area contributed by atoms with Gasteiger partial charge in [0.05, 0.1) is 21.7 Å². The summed E-state index contributed by atoms with van der Waals surface area (Å²) in [4.78, 5) is 42.6. The van der Waals surface area contributed by atoms with Crippen molar-refractivity contribution < 1.29 is 32.6 Å². The summed E-state index contributed by atoms with van der Waals surface area (Å²) in [7, 11) is 1.73. The minimum absolute atomic E-state index is 0.0120. The van der Waals surface area contributed by atoms with Gasteiger partial charge in [0.2, 0.25) is 0 Å². The van der Waals surface area contributed by atoms with E-state index in [-0.39, 0.29) is 44.4 Å². The number of benzene rings is 3. The molecule has 1 aromatic heterocycles. The Labute approximate surface area is 294 Å². The quantitative estimate of drug-likeness (QED) is 0.162. The van der Waals surface area contributed by atoms with Crippen LogP contribution in [0.2, 0.25) is 5.02 Å². The maximum absolute atomic E-state index is 14.9. The molecule has 0 bridgehead atoms. The molecule has 0 atom stereocenters. The number of halogens is 3. The van der Waals surface area contributed by atoms with Crippen LogP contribution in [0.4, 0.5) is 13.6 Å². The van der Waals surface area contributed by atoms with Crippen LogP contribution >= 0.6 is 22.9 Å². The van der Waals surface area contributed by atoms with Gasteiger partial charge in [0, 0.05) is 36.8 Å². The predicted octanol–water partition coefficient (Wildman–Crippen LogP) is 9.92. The average Bonchev–Trinajstić information content (AvgIpc) is 3.43. The fourth-order valence-electron chi connectivity index (χ4n) is 6.23. The molecule has 1 aliphatic carbocycles. The van der Waals surface area contributed by atoms with Crippen LogP contribution in [0.25, 0.3) is 21.2 Å². The minimum Gasteiger partial charge on any atom is -0.494 e. The first-order chi connectivity index (χ1) is 23.2. The molecule has 3 aromatic carbocycles. The van der Waals surface area contributed by atoms with Crippen LogP contribution in [0, 0.1) is 11.6 Å². The summed E-state index contributed by atoms with van der Waals surface area (Å²) in [5.41, 5.74) is 2.47. The van der Waals surface area contributed by atoms with E-state index >= 15 is 0 Å². The Morgan fingerprint density at radius 1 is 0.918 bits per heavy atom. The summed E-state index contributed by atoms with van der Waals surface area (Å²) in [5, 5.41) is -0.224. The molecule has 4 aromatic rings. The molecule has 11 heteroatoms. The highest BCUT2D eigenvalue weighted by atomic mass is 35.5. The molecule has 0 spiro atoms. The maximum atomic E-state index is 14.9. The van der Waals surface area contributed by atoms with E-state index in [1.54, 1.807) is 29.0 Å². The Morgan fingerprint density at radius 3 is 2.12 bits per heavy atom. The van der Waals surface area contributed by atoms with Gasteiger partial charge in [-0.15, -0.1) is 11.3 Å². The lowest BCUT2D eigenvalue weighted by Crippen LogP contribution is -2.47. The van der Waals surface area contributed by atoms with Crippen molar-refractivity contribution in [1.82, 2.24) is 9.80 Å². The summed E-state index contributed by atoms with van der Waals surface area (Å²) in [6.45, 7) is 9.40. The first-order valence-electron chi connectivity index (χ1n) is 16.4. The second kappa shape index (κ2) is 14.8. The lowest BCUT2D eigenvalue weighted by atomic mass is 9.89. The molecule has 2 amide bonds. The molecule has 5 rings (SSSR count). The Hall–Kier alpha value is -4.02. The van der Waals surface area contributed by atoms with Crippen LogP contribution in [0.1, 0.15) is 85.9 Å². The normalized spacial score (nSPS) is 16.3. The molecule has 1 fully saturated rings. The number of carbonyl (C=O) groups excluding carboxylic acids is 3. The largest absolute Gasteiger partial charge is 0.494 e. The predicted molar refractivity (Wildman–Crippen MR) is 190 cm³/mol. The van der Waals surface area contributed by atoms with Crippen LogP contribution in [0.15, 0.2) is 54.6 Å². The Bertz CT molecular complexity index is 1860. The lowest BCUT2D eigenvalue weighted by Gasteiger charge is -2.40. The van der Waals surface area contributed by atoms with Crippen molar-refractivity contribution in [2.45, 2.75) is 84.5 Å². The molecule has 0 radical (unpaired) electrons. The van der Waals surface area contributed by atoms with Crippen molar-refractivity contribution >= 4 is 50.8 Å². The molecule has 1 saturated carbocycles. The fraction of sp³-hybridized carbons (Fsp3) is 0.395. The molecule has 0 N–H and O–H groups in total. The van der Waals surface area contributed by atoms with Crippen LogP contribution in [0.5, 0.6) is 5.75 Å². The number of hydrogen-bond acceptors (Lipinski definition) is 6. The second-order valence-corrected chi connectivity index (χ2v) is 14.8. The first kappa shape index (κ1) is 36.3. The van der Waals surface area contributed by atoms with E-state index in [1.165, 1.54) is 6.92 Å². The lowest BCUT2D eigenvalue weighted by molar-refractivity contribution is 0.0144. The van der Waals surface area contributed by atoms with Gasteiger partial charge in [-0.2, -0.15) is 0 Å². The van der Waals surface area contributed by atoms with E-state index in [9.17, 15) is 23.2 Å². The standard InChI is InChI=1S/C38H41ClF2N2O5S/c1-7-47-31-19-12-25(24-10-8-23(9-11-24)22(2)44)20-26(31)21-43(28-15-13-27(14-16-28)42(6)37(46)48-38(3,4)5)36(45)35-33(39)32-29(40)17-18-30(41)34(32)49-35/h8-12,17-20,27-28H,7,13-16,21H2,1-6H3. The van der Waals surface area contributed by atoms with Gasteiger partial charge in [-0.25, -0.2) is 13.6 Å². The Balaban J connectivity index is 1.51. The number of Topliss-reactive ketones (excluding diaryl/α,β-unsaturated/α-hetero) is 1. The third-order valence-electron chi connectivity index (χ3n) is 8.80. The van der Waals surface area contributed by atoms with Crippen molar-refractivity contribution in [2.75, 3.05) is 13.7 Å². The van der Waals surface area contributed by atoms with Gasteiger partial charge in [0.1, 0.15) is 27.9 Å². The van der Waals surface area contributed by atoms with E-state index in [0.29, 0.717) is 43.6 Å². The number of rotatable bonds is 9. The highest BCUT2D eigenvalue weighted by Gasteiger charge is 2.35. The number of ketones is 1. The Kier molecular flexibility index (Phi) is 11.0. The highest BCUT2D eigenvalue weighted by molar-refractivity contribution is 7.21. The third-order valence-corrected chi connectivity index (χ3v) is 10.5. The number of amides is 2. The minimum atomic E-state index is -0.698. The number of carbonyl (C=O) groups is 3. The van der Waals surface area contributed by atoms with E-state index in [4.69, 9.17) is 21.1 Å². The van der Waals surface area contributed by atoms with Gasteiger partial charge in [0.15, 0.2) is 5.78 Å². The molecule has 0 saturated heterocycles. The second-order valence-electron chi connectivity index (χ2n) is 13.4. The molecule has 7 nitrogen and oxygen atoms in total.